The van der Waals surface area contributed by atoms with Crippen LogP contribution in [0.25, 0.3) is 10.9 Å². The van der Waals surface area contributed by atoms with E-state index in [-0.39, 0.29) is 10.8 Å². The fourth-order valence-corrected chi connectivity index (χ4v) is 8.18. The topological polar surface area (TPSA) is 65.2 Å². The van der Waals surface area contributed by atoms with Crippen molar-refractivity contribution in [1.82, 2.24) is 14.6 Å². The molecule has 2 saturated carbocycles. The monoisotopic (exact) mass is 493 g/mol. The maximum Gasteiger partial charge on any atom is 0.214 e. The number of benzene rings is 2. The van der Waals surface area contributed by atoms with Gasteiger partial charge in [-0.1, -0.05) is 61.4 Å². The summed E-state index contributed by atoms with van der Waals surface area (Å²) in [5.74, 6) is 0.459. The molecule has 2 fully saturated rings. The van der Waals surface area contributed by atoms with Crippen molar-refractivity contribution in [2.45, 2.75) is 74.5 Å². The second kappa shape index (κ2) is 10.1. The highest BCUT2D eigenvalue weighted by molar-refractivity contribution is 7.90. The molecule has 2 N–H and O–H groups in total. The third kappa shape index (κ3) is 4.81. The molecule has 0 spiro atoms. The van der Waals surface area contributed by atoms with Gasteiger partial charge < -0.3 is 4.98 Å². The number of aromatic amines is 1. The van der Waals surface area contributed by atoms with Crippen molar-refractivity contribution < 1.29 is 8.42 Å². The highest BCUT2D eigenvalue weighted by Gasteiger charge is 2.40. The van der Waals surface area contributed by atoms with Gasteiger partial charge in [-0.2, -0.15) is 0 Å². The van der Waals surface area contributed by atoms with E-state index in [1.54, 1.807) is 0 Å². The molecule has 1 heterocycles. The Morgan fingerprint density at radius 1 is 0.943 bits per heavy atom. The molecule has 0 atom stereocenters. The Morgan fingerprint density at radius 2 is 1.60 bits per heavy atom. The molecule has 2 aromatic carbocycles. The average Bonchev–Trinajstić information content (AvgIpc) is 3.54. The summed E-state index contributed by atoms with van der Waals surface area (Å²) in [5, 5.41) is 1.02. The lowest BCUT2D eigenvalue weighted by molar-refractivity contribution is 0.0903. The Morgan fingerprint density at radius 3 is 2.29 bits per heavy atom. The van der Waals surface area contributed by atoms with Crippen LogP contribution < -0.4 is 4.72 Å². The van der Waals surface area contributed by atoms with E-state index in [4.69, 9.17) is 0 Å². The minimum atomic E-state index is -3.23. The van der Waals surface area contributed by atoms with Gasteiger partial charge in [0.25, 0.3) is 0 Å². The van der Waals surface area contributed by atoms with Gasteiger partial charge in [0.05, 0.1) is 5.25 Å². The third-order valence-corrected chi connectivity index (χ3v) is 10.6. The molecule has 2 aliphatic rings. The van der Waals surface area contributed by atoms with Crippen molar-refractivity contribution in [1.29, 1.82) is 0 Å². The molecule has 0 saturated heterocycles. The summed E-state index contributed by atoms with van der Waals surface area (Å²) in [6.07, 6.45) is 8.81. The van der Waals surface area contributed by atoms with E-state index in [0.717, 1.165) is 63.3 Å². The predicted molar refractivity (Wildman–Crippen MR) is 144 cm³/mol. The van der Waals surface area contributed by atoms with Crippen molar-refractivity contribution in [3.63, 3.8) is 0 Å². The lowest BCUT2D eigenvalue weighted by Crippen LogP contribution is -2.44. The molecule has 188 valence electrons. The van der Waals surface area contributed by atoms with E-state index in [1.165, 1.54) is 22.2 Å². The number of hydrogen-bond acceptors (Lipinski definition) is 3. The number of sulfonamides is 1. The van der Waals surface area contributed by atoms with Crippen LogP contribution in [-0.2, 0) is 22.0 Å². The first kappa shape index (κ1) is 24.5. The molecule has 0 amide bonds. The Bertz CT molecular complexity index is 1240. The van der Waals surface area contributed by atoms with Gasteiger partial charge >= 0.3 is 0 Å². The summed E-state index contributed by atoms with van der Waals surface area (Å²) in [5.41, 5.74) is 5.23. The summed E-state index contributed by atoms with van der Waals surface area (Å²) in [6, 6.07) is 19.4. The van der Waals surface area contributed by atoms with Crippen LogP contribution in [0.3, 0.4) is 0 Å². The second-order valence-electron chi connectivity index (χ2n) is 10.7. The minimum absolute atomic E-state index is 0.0703. The minimum Gasteiger partial charge on any atom is -0.358 e. The molecule has 5 rings (SSSR count). The molecule has 3 aromatic rings. The van der Waals surface area contributed by atoms with E-state index < -0.39 is 10.0 Å². The molecule has 0 unspecified atom stereocenters. The number of fused-ring (bicyclic) bond motifs is 1. The Balaban J connectivity index is 1.36. The molecule has 0 aliphatic heterocycles. The zero-order valence-electron chi connectivity index (χ0n) is 21.1. The zero-order valence-corrected chi connectivity index (χ0v) is 21.9. The molecule has 5 nitrogen and oxygen atoms in total. The average molecular weight is 494 g/mol. The quantitative estimate of drug-likeness (QED) is 0.424. The maximum atomic E-state index is 12.8. The molecule has 0 bridgehead atoms. The smallest absolute Gasteiger partial charge is 0.214 e. The second-order valence-corrected chi connectivity index (χ2v) is 12.8. The number of para-hydroxylation sites is 1. The Hall–Kier alpha value is -2.15. The van der Waals surface area contributed by atoms with Crippen LogP contribution in [0.5, 0.6) is 0 Å². The van der Waals surface area contributed by atoms with Crippen LogP contribution in [-0.4, -0.2) is 44.2 Å². The number of rotatable bonds is 8. The molecule has 1 aromatic heterocycles. The number of nitrogens with zero attached hydrogens (tertiary/aromatic N) is 1. The standard InChI is InChI=1S/C29H39N3O2S/c1-32(2)29(23-10-4-3-5-11-23)19-16-22(17-20-29)28-26(25-14-8-9-15-27(25)31-28)18-21-30-35(33,34)24-12-6-7-13-24/h3-5,8-11,14-15,22,24,30-31H,6-7,12-13,16-21H2,1-2H3. The zero-order chi connectivity index (χ0) is 24.5. The van der Waals surface area contributed by atoms with Gasteiger partial charge in [-0.05, 0) is 82.2 Å². The van der Waals surface area contributed by atoms with E-state index in [9.17, 15) is 8.42 Å². The molecule has 2 aliphatic carbocycles. The van der Waals surface area contributed by atoms with Crippen molar-refractivity contribution in [2.75, 3.05) is 20.6 Å². The van der Waals surface area contributed by atoms with Gasteiger partial charge in [0.2, 0.25) is 10.0 Å². The van der Waals surface area contributed by atoms with Crippen molar-refractivity contribution >= 4 is 20.9 Å². The summed E-state index contributed by atoms with van der Waals surface area (Å²) < 4.78 is 28.5. The fourth-order valence-electron chi connectivity index (χ4n) is 6.60. The largest absolute Gasteiger partial charge is 0.358 e. The summed E-state index contributed by atoms with van der Waals surface area (Å²) in [7, 11) is 1.19. The van der Waals surface area contributed by atoms with Crippen molar-refractivity contribution in [3.8, 4) is 0 Å². The molecular weight excluding hydrogens is 454 g/mol. The predicted octanol–water partition coefficient (Wildman–Crippen LogP) is 5.69. The van der Waals surface area contributed by atoms with Gasteiger partial charge in [-0.25, -0.2) is 13.1 Å². The van der Waals surface area contributed by atoms with Gasteiger partial charge in [0.15, 0.2) is 0 Å². The van der Waals surface area contributed by atoms with E-state index >= 15 is 0 Å². The maximum absolute atomic E-state index is 12.8. The van der Waals surface area contributed by atoms with Crippen LogP contribution in [0.1, 0.15) is 74.1 Å². The molecule has 0 radical (unpaired) electrons. The highest BCUT2D eigenvalue weighted by Crippen LogP contribution is 2.47. The number of hydrogen-bond donors (Lipinski definition) is 2. The highest BCUT2D eigenvalue weighted by atomic mass is 32.2. The van der Waals surface area contributed by atoms with Crippen LogP contribution in [0.2, 0.25) is 0 Å². The summed E-state index contributed by atoms with van der Waals surface area (Å²) in [4.78, 5) is 6.15. The number of H-pyrrole nitrogens is 1. The van der Waals surface area contributed by atoms with Crippen molar-refractivity contribution in [3.05, 3.63) is 71.4 Å². The van der Waals surface area contributed by atoms with Gasteiger partial charge in [0, 0.05) is 28.7 Å². The first-order valence-corrected chi connectivity index (χ1v) is 14.8. The first-order valence-electron chi connectivity index (χ1n) is 13.2. The third-order valence-electron chi connectivity index (χ3n) is 8.65. The normalized spacial score (nSPS) is 23.9. The van der Waals surface area contributed by atoms with E-state index in [1.807, 2.05) is 0 Å². The lowest BCUT2D eigenvalue weighted by Gasteiger charge is -2.45. The SMILES string of the molecule is CN(C)C1(c2ccccc2)CCC(c2[nH]c3ccccc3c2CCNS(=O)(=O)C2CCCC2)CC1. The van der Waals surface area contributed by atoms with Crippen LogP contribution in [0, 0.1) is 0 Å². The number of aromatic nitrogens is 1. The Labute approximate surface area is 210 Å². The number of nitrogens with one attached hydrogen (secondary N) is 2. The van der Waals surface area contributed by atoms with Crippen molar-refractivity contribution in [2.24, 2.45) is 0 Å². The van der Waals surface area contributed by atoms with E-state index in [0.29, 0.717) is 12.5 Å². The van der Waals surface area contributed by atoms with Crippen LogP contribution >= 0.6 is 0 Å². The van der Waals surface area contributed by atoms with Crippen LogP contribution in [0.4, 0.5) is 0 Å². The first-order chi connectivity index (χ1) is 16.9. The van der Waals surface area contributed by atoms with E-state index in [2.05, 4.69) is 83.3 Å². The summed E-state index contributed by atoms with van der Waals surface area (Å²) in [6.45, 7) is 0.464. The fraction of sp³-hybridized carbons (Fsp3) is 0.517. The van der Waals surface area contributed by atoms with Crippen LogP contribution in [0.15, 0.2) is 54.6 Å². The lowest BCUT2D eigenvalue weighted by atomic mass is 9.70. The molecule has 35 heavy (non-hydrogen) atoms. The summed E-state index contributed by atoms with van der Waals surface area (Å²) >= 11 is 0. The van der Waals surface area contributed by atoms with Gasteiger partial charge in [0.1, 0.15) is 0 Å². The van der Waals surface area contributed by atoms with Gasteiger partial charge in [-0.15, -0.1) is 0 Å². The Kier molecular flexibility index (Phi) is 7.06. The van der Waals surface area contributed by atoms with Gasteiger partial charge in [-0.3, -0.25) is 4.90 Å². The molecule has 6 heteroatoms. The molecular formula is C29H39N3O2S.